The van der Waals surface area contributed by atoms with Crippen molar-refractivity contribution in [3.63, 3.8) is 0 Å². The Balaban J connectivity index is 1.48. The summed E-state index contributed by atoms with van der Waals surface area (Å²) < 4.78 is 16.6. The van der Waals surface area contributed by atoms with Gasteiger partial charge in [-0.05, 0) is 43.3 Å². The van der Waals surface area contributed by atoms with Gasteiger partial charge in [0.2, 0.25) is 0 Å². The lowest BCUT2D eigenvalue weighted by Gasteiger charge is -2.19. The Bertz CT molecular complexity index is 986. The number of carbonyl (C=O) groups is 1. The van der Waals surface area contributed by atoms with Gasteiger partial charge in [-0.25, -0.2) is 0 Å². The summed E-state index contributed by atoms with van der Waals surface area (Å²) in [6.07, 6.45) is 1.57. The van der Waals surface area contributed by atoms with Crippen LogP contribution in [-0.2, 0) is 0 Å². The smallest absolute Gasteiger partial charge is 0.257 e. The summed E-state index contributed by atoms with van der Waals surface area (Å²) in [5, 5.41) is 2.86. The molecule has 1 aliphatic heterocycles. The molecule has 0 unspecified atom stereocenters. The van der Waals surface area contributed by atoms with Crippen LogP contribution in [-0.4, -0.2) is 30.7 Å². The van der Waals surface area contributed by atoms with Crippen molar-refractivity contribution in [1.82, 2.24) is 4.98 Å². The molecule has 0 aliphatic carbocycles. The Morgan fingerprint density at radius 1 is 1.07 bits per heavy atom. The van der Waals surface area contributed by atoms with Gasteiger partial charge < -0.3 is 19.5 Å². The molecule has 28 heavy (non-hydrogen) atoms. The number of anilines is 1. The summed E-state index contributed by atoms with van der Waals surface area (Å²) in [5.41, 5.74) is 2.82. The molecular weight excluding hydrogens is 356 g/mol. The molecule has 3 aromatic rings. The molecule has 0 radical (unpaired) electrons. The van der Waals surface area contributed by atoms with Gasteiger partial charge >= 0.3 is 0 Å². The first kappa shape index (κ1) is 17.9. The van der Waals surface area contributed by atoms with Crippen molar-refractivity contribution in [3.05, 3.63) is 66.4 Å². The standard InChI is InChI=1S/C22H20N2O4/c1-2-26-18-5-3-4-15(12-18)19-8-6-16(14-23-19)22(25)24-17-7-9-20-21(13-17)28-11-10-27-20/h3-9,12-14H,2,10-11H2,1H3,(H,24,25). The van der Waals surface area contributed by atoms with E-state index in [1.165, 1.54) is 0 Å². The Hall–Kier alpha value is -3.54. The zero-order valence-corrected chi connectivity index (χ0v) is 15.5. The van der Waals surface area contributed by atoms with Crippen molar-refractivity contribution < 1.29 is 19.0 Å². The third kappa shape index (κ3) is 3.91. The van der Waals surface area contributed by atoms with Gasteiger partial charge in [-0.2, -0.15) is 0 Å². The summed E-state index contributed by atoms with van der Waals surface area (Å²) in [6.45, 7) is 3.58. The van der Waals surface area contributed by atoms with Crippen LogP contribution < -0.4 is 19.5 Å². The van der Waals surface area contributed by atoms with Crippen molar-refractivity contribution in [1.29, 1.82) is 0 Å². The van der Waals surface area contributed by atoms with Crippen LogP contribution in [0.15, 0.2) is 60.8 Å². The molecule has 0 atom stereocenters. The molecule has 0 saturated carbocycles. The van der Waals surface area contributed by atoms with Crippen LogP contribution in [0.25, 0.3) is 11.3 Å². The van der Waals surface area contributed by atoms with Gasteiger partial charge in [0.15, 0.2) is 11.5 Å². The molecule has 6 nitrogen and oxygen atoms in total. The molecule has 0 spiro atoms. The monoisotopic (exact) mass is 376 g/mol. The van der Waals surface area contributed by atoms with Gasteiger partial charge in [-0.15, -0.1) is 0 Å². The fourth-order valence-corrected chi connectivity index (χ4v) is 2.94. The van der Waals surface area contributed by atoms with Crippen LogP contribution >= 0.6 is 0 Å². The van der Waals surface area contributed by atoms with Crippen molar-refractivity contribution in [3.8, 4) is 28.5 Å². The van der Waals surface area contributed by atoms with E-state index in [0.717, 1.165) is 17.0 Å². The fraction of sp³-hybridized carbons (Fsp3) is 0.182. The van der Waals surface area contributed by atoms with E-state index >= 15 is 0 Å². The minimum absolute atomic E-state index is 0.237. The van der Waals surface area contributed by atoms with E-state index in [0.29, 0.717) is 42.6 Å². The molecule has 4 rings (SSSR count). The normalized spacial score (nSPS) is 12.3. The molecule has 0 saturated heterocycles. The van der Waals surface area contributed by atoms with Crippen molar-refractivity contribution in [2.75, 3.05) is 25.1 Å². The van der Waals surface area contributed by atoms with Gasteiger partial charge in [0, 0.05) is 23.5 Å². The Morgan fingerprint density at radius 2 is 1.93 bits per heavy atom. The number of hydrogen-bond acceptors (Lipinski definition) is 5. The molecule has 1 amide bonds. The van der Waals surface area contributed by atoms with Crippen molar-refractivity contribution in [2.45, 2.75) is 6.92 Å². The van der Waals surface area contributed by atoms with E-state index in [-0.39, 0.29) is 5.91 Å². The summed E-state index contributed by atoms with van der Waals surface area (Å²) in [6, 6.07) is 16.6. The molecule has 2 aromatic carbocycles. The van der Waals surface area contributed by atoms with Gasteiger partial charge in [0.05, 0.1) is 17.9 Å². The second kappa shape index (κ2) is 8.00. The predicted octanol–water partition coefficient (Wildman–Crippen LogP) is 4.17. The molecule has 1 aliphatic rings. The summed E-state index contributed by atoms with van der Waals surface area (Å²) >= 11 is 0. The lowest BCUT2D eigenvalue weighted by Crippen LogP contribution is -2.16. The minimum Gasteiger partial charge on any atom is -0.494 e. The van der Waals surface area contributed by atoms with Gasteiger partial charge in [0.25, 0.3) is 5.91 Å². The molecular formula is C22H20N2O4. The van der Waals surface area contributed by atoms with E-state index in [1.54, 1.807) is 30.5 Å². The molecule has 2 heterocycles. The number of amides is 1. The first-order chi connectivity index (χ1) is 13.7. The SMILES string of the molecule is CCOc1cccc(-c2ccc(C(=O)Nc3ccc4c(c3)OCCO4)cn2)c1. The van der Waals surface area contributed by atoms with Gasteiger partial charge in [0.1, 0.15) is 19.0 Å². The summed E-state index contributed by atoms with van der Waals surface area (Å²) in [4.78, 5) is 16.9. The lowest BCUT2D eigenvalue weighted by atomic mass is 10.1. The molecule has 142 valence electrons. The number of aromatic nitrogens is 1. The van der Waals surface area contributed by atoms with Gasteiger partial charge in [-0.1, -0.05) is 12.1 Å². The maximum atomic E-state index is 12.5. The Kier molecular flexibility index (Phi) is 5.10. The molecule has 1 aromatic heterocycles. The molecule has 0 fully saturated rings. The maximum Gasteiger partial charge on any atom is 0.257 e. The summed E-state index contributed by atoms with van der Waals surface area (Å²) in [7, 11) is 0. The summed E-state index contributed by atoms with van der Waals surface area (Å²) in [5.74, 6) is 1.87. The Morgan fingerprint density at radius 3 is 2.71 bits per heavy atom. The third-order valence-electron chi connectivity index (χ3n) is 4.27. The maximum absolute atomic E-state index is 12.5. The van der Waals surface area contributed by atoms with Gasteiger partial charge in [-0.3, -0.25) is 9.78 Å². The van der Waals surface area contributed by atoms with Crippen LogP contribution in [0.3, 0.4) is 0 Å². The highest BCUT2D eigenvalue weighted by Crippen LogP contribution is 2.32. The number of hydrogen-bond donors (Lipinski definition) is 1. The second-order valence-electron chi connectivity index (χ2n) is 6.21. The van der Waals surface area contributed by atoms with Crippen LogP contribution in [0.1, 0.15) is 17.3 Å². The number of pyridine rings is 1. The van der Waals surface area contributed by atoms with Crippen molar-refractivity contribution in [2.24, 2.45) is 0 Å². The predicted molar refractivity (Wildman–Crippen MR) is 106 cm³/mol. The van der Waals surface area contributed by atoms with E-state index in [1.807, 2.05) is 37.3 Å². The number of rotatable bonds is 5. The zero-order valence-electron chi connectivity index (χ0n) is 15.5. The fourth-order valence-electron chi connectivity index (χ4n) is 2.94. The highest BCUT2D eigenvalue weighted by molar-refractivity contribution is 6.04. The van der Waals surface area contributed by atoms with Crippen LogP contribution in [0.5, 0.6) is 17.2 Å². The lowest BCUT2D eigenvalue weighted by molar-refractivity contribution is 0.102. The molecule has 1 N–H and O–H groups in total. The average molecular weight is 376 g/mol. The second-order valence-corrected chi connectivity index (χ2v) is 6.21. The topological polar surface area (TPSA) is 69.7 Å². The van der Waals surface area contributed by atoms with Crippen molar-refractivity contribution >= 4 is 11.6 Å². The highest BCUT2D eigenvalue weighted by atomic mass is 16.6. The van der Waals surface area contributed by atoms with E-state index in [9.17, 15) is 4.79 Å². The van der Waals surface area contributed by atoms with E-state index < -0.39 is 0 Å². The number of benzene rings is 2. The largest absolute Gasteiger partial charge is 0.494 e. The number of nitrogens with one attached hydrogen (secondary N) is 1. The average Bonchev–Trinajstić information content (AvgIpc) is 2.74. The number of nitrogens with zero attached hydrogens (tertiary/aromatic N) is 1. The third-order valence-corrected chi connectivity index (χ3v) is 4.27. The van der Waals surface area contributed by atoms with Crippen LogP contribution in [0.4, 0.5) is 5.69 Å². The first-order valence-corrected chi connectivity index (χ1v) is 9.13. The quantitative estimate of drug-likeness (QED) is 0.724. The zero-order chi connectivity index (χ0) is 19.3. The molecule has 0 bridgehead atoms. The first-order valence-electron chi connectivity index (χ1n) is 9.13. The van der Waals surface area contributed by atoms with Crippen LogP contribution in [0.2, 0.25) is 0 Å². The molecule has 6 heteroatoms. The number of carbonyl (C=O) groups excluding carboxylic acids is 1. The van der Waals surface area contributed by atoms with E-state index in [2.05, 4.69) is 10.3 Å². The Labute approximate surface area is 163 Å². The van der Waals surface area contributed by atoms with E-state index in [4.69, 9.17) is 14.2 Å². The minimum atomic E-state index is -0.237. The van der Waals surface area contributed by atoms with Crippen LogP contribution in [0, 0.1) is 0 Å². The highest BCUT2D eigenvalue weighted by Gasteiger charge is 2.14. The number of ether oxygens (including phenoxy) is 3. The number of fused-ring (bicyclic) bond motifs is 1.